The fraction of sp³-hybridized carbons (Fsp3) is 0.267. The molecular weight excluding hydrogens is 289 g/mol. The fourth-order valence-electron chi connectivity index (χ4n) is 2.17. The number of benzene rings is 1. The average Bonchev–Trinajstić information content (AvgIpc) is 2.97. The molecule has 0 fully saturated rings. The van der Waals surface area contributed by atoms with Crippen LogP contribution in [-0.2, 0) is 6.42 Å². The van der Waals surface area contributed by atoms with E-state index in [0.29, 0.717) is 18.1 Å². The van der Waals surface area contributed by atoms with Crippen molar-refractivity contribution < 1.29 is 9.13 Å². The fourth-order valence-corrected chi connectivity index (χ4v) is 2.90. The first-order valence-corrected chi connectivity index (χ1v) is 7.56. The second-order valence-corrected chi connectivity index (χ2v) is 5.99. The van der Waals surface area contributed by atoms with Crippen molar-refractivity contribution in [3.8, 4) is 11.6 Å². The van der Waals surface area contributed by atoms with Gasteiger partial charge in [-0.2, -0.15) is 4.98 Å². The molecule has 0 radical (unpaired) electrons. The number of halogens is 1. The SMILES string of the molecule is Cc1ccc(F)cc1Oc1nc2sccn2c1CC(C)N. The molecule has 4 nitrogen and oxygen atoms in total. The predicted molar refractivity (Wildman–Crippen MR) is 81.6 cm³/mol. The van der Waals surface area contributed by atoms with Gasteiger partial charge in [0, 0.05) is 30.1 Å². The zero-order chi connectivity index (χ0) is 15.0. The van der Waals surface area contributed by atoms with Crippen LogP contribution in [0.25, 0.3) is 4.96 Å². The van der Waals surface area contributed by atoms with Crippen molar-refractivity contribution in [3.05, 3.63) is 46.9 Å². The molecule has 0 spiro atoms. The molecule has 0 saturated carbocycles. The van der Waals surface area contributed by atoms with E-state index in [-0.39, 0.29) is 11.9 Å². The zero-order valence-corrected chi connectivity index (χ0v) is 12.7. The summed E-state index contributed by atoms with van der Waals surface area (Å²) >= 11 is 1.52. The Balaban J connectivity index is 2.03. The van der Waals surface area contributed by atoms with E-state index >= 15 is 0 Å². The summed E-state index contributed by atoms with van der Waals surface area (Å²) in [6, 6.07) is 4.46. The molecule has 0 aliphatic heterocycles. The maximum Gasteiger partial charge on any atom is 0.242 e. The number of nitrogens with zero attached hydrogens (tertiary/aromatic N) is 2. The second-order valence-electron chi connectivity index (χ2n) is 5.11. The number of aromatic nitrogens is 2. The molecule has 1 atom stereocenters. The molecule has 6 heteroatoms. The van der Waals surface area contributed by atoms with E-state index in [9.17, 15) is 4.39 Å². The number of rotatable bonds is 4. The van der Waals surface area contributed by atoms with Crippen molar-refractivity contribution in [1.82, 2.24) is 9.38 Å². The maximum atomic E-state index is 13.4. The Morgan fingerprint density at radius 3 is 3.05 bits per heavy atom. The van der Waals surface area contributed by atoms with Crippen LogP contribution in [0.5, 0.6) is 11.6 Å². The number of imidazole rings is 1. The van der Waals surface area contributed by atoms with Crippen molar-refractivity contribution in [2.45, 2.75) is 26.3 Å². The number of fused-ring (bicyclic) bond motifs is 1. The van der Waals surface area contributed by atoms with Gasteiger partial charge in [0.15, 0.2) is 4.96 Å². The quantitative estimate of drug-likeness (QED) is 0.802. The van der Waals surface area contributed by atoms with E-state index in [4.69, 9.17) is 10.5 Å². The molecule has 2 aromatic heterocycles. The Morgan fingerprint density at radius 1 is 1.48 bits per heavy atom. The van der Waals surface area contributed by atoms with E-state index in [2.05, 4.69) is 4.98 Å². The summed E-state index contributed by atoms with van der Waals surface area (Å²) < 4.78 is 21.2. The molecule has 1 aromatic carbocycles. The molecule has 0 saturated heterocycles. The lowest BCUT2D eigenvalue weighted by Gasteiger charge is -2.10. The van der Waals surface area contributed by atoms with Gasteiger partial charge in [-0.05, 0) is 25.5 Å². The minimum absolute atomic E-state index is 0.0132. The largest absolute Gasteiger partial charge is 0.437 e. The predicted octanol–water partition coefficient (Wildman–Crippen LogP) is 3.53. The molecular formula is C15H16FN3OS. The number of hydrogen-bond acceptors (Lipinski definition) is 4. The van der Waals surface area contributed by atoms with E-state index in [1.54, 1.807) is 6.07 Å². The lowest BCUT2D eigenvalue weighted by atomic mass is 10.2. The van der Waals surface area contributed by atoms with Gasteiger partial charge in [-0.15, -0.1) is 11.3 Å². The Bertz CT molecular complexity index is 778. The third kappa shape index (κ3) is 2.77. The Labute approximate surface area is 126 Å². The van der Waals surface area contributed by atoms with Gasteiger partial charge < -0.3 is 10.5 Å². The van der Waals surface area contributed by atoms with Gasteiger partial charge in [-0.1, -0.05) is 6.07 Å². The first-order chi connectivity index (χ1) is 10.0. The molecule has 0 aliphatic rings. The van der Waals surface area contributed by atoms with Gasteiger partial charge in [0.05, 0.1) is 5.69 Å². The van der Waals surface area contributed by atoms with Crippen LogP contribution in [0.3, 0.4) is 0 Å². The van der Waals surface area contributed by atoms with E-state index in [0.717, 1.165) is 16.2 Å². The topological polar surface area (TPSA) is 52.5 Å². The Kier molecular flexibility index (Phi) is 3.65. The monoisotopic (exact) mass is 305 g/mol. The van der Waals surface area contributed by atoms with Crippen LogP contribution in [0, 0.1) is 12.7 Å². The van der Waals surface area contributed by atoms with Crippen LogP contribution in [-0.4, -0.2) is 15.4 Å². The lowest BCUT2D eigenvalue weighted by molar-refractivity contribution is 0.449. The zero-order valence-electron chi connectivity index (χ0n) is 11.8. The summed E-state index contributed by atoms with van der Waals surface area (Å²) in [5.74, 6) is 0.643. The first-order valence-electron chi connectivity index (χ1n) is 6.68. The smallest absolute Gasteiger partial charge is 0.242 e. The van der Waals surface area contributed by atoms with Crippen molar-refractivity contribution in [2.75, 3.05) is 0 Å². The third-order valence-corrected chi connectivity index (χ3v) is 3.95. The number of aryl methyl sites for hydroxylation is 1. The lowest BCUT2D eigenvalue weighted by Crippen LogP contribution is -2.19. The minimum atomic E-state index is -0.328. The number of hydrogen-bond donors (Lipinski definition) is 1. The first kappa shape index (κ1) is 14.0. The van der Waals surface area contributed by atoms with Gasteiger partial charge in [-0.25, -0.2) is 4.39 Å². The summed E-state index contributed by atoms with van der Waals surface area (Å²) in [4.78, 5) is 5.32. The van der Waals surface area contributed by atoms with Gasteiger partial charge in [0.2, 0.25) is 5.88 Å². The number of thiazole rings is 1. The van der Waals surface area contributed by atoms with Gasteiger partial charge in [-0.3, -0.25) is 4.40 Å². The molecule has 0 bridgehead atoms. The molecule has 0 aliphatic carbocycles. The molecule has 3 aromatic rings. The van der Waals surface area contributed by atoms with Crippen molar-refractivity contribution >= 4 is 16.3 Å². The maximum absolute atomic E-state index is 13.4. The van der Waals surface area contributed by atoms with Crippen molar-refractivity contribution in [1.29, 1.82) is 0 Å². The molecule has 21 heavy (non-hydrogen) atoms. The van der Waals surface area contributed by atoms with Crippen LogP contribution in [0.4, 0.5) is 4.39 Å². The highest BCUT2D eigenvalue weighted by atomic mass is 32.1. The van der Waals surface area contributed by atoms with Gasteiger partial charge in [0.25, 0.3) is 0 Å². The highest BCUT2D eigenvalue weighted by Gasteiger charge is 2.17. The highest BCUT2D eigenvalue weighted by molar-refractivity contribution is 7.15. The minimum Gasteiger partial charge on any atom is -0.437 e. The third-order valence-electron chi connectivity index (χ3n) is 3.20. The van der Waals surface area contributed by atoms with E-state index in [1.165, 1.54) is 23.5 Å². The number of nitrogens with two attached hydrogens (primary N) is 1. The van der Waals surface area contributed by atoms with Crippen LogP contribution < -0.4 is 10.5 Å². The molecule has 0 amide bonds. The normalized spacial score (nSPS) is 12.8. The summed E-state index contributed by atoms with van der Waals surface area (Å²) in [5, 5.41) is 1.96. The summed E-state index contributed by atoms with van der Waals surface area (Å²) in [6.45, 7) is 3.81. The summed E-state index contributed by atoms with van der Waals surface area (Å²) in [6.07, 6.45) is 2.58. The second kappa shape index (κ2) is 5.46. The summed E-state index contributed by atoms with van der Waals surface area (Å²) in [7, 11) is 0. The molecule has 110 valence electrons. The average molecular weight is 305 g/mol. The highest BCUT2D eigenvalue weighted by Crippen LogP contribution is 2.30. The molecule has 1 unspecified atom stereocenters. The number of ether oxygens (including phenoxy) is 1. The van der Waals surface area contributed by atoms with Gasteiger partial charge in [0.1, 0.15) is 11.6 Å². The molecule has 3 rings (SSSR count). The van der Waals surface area contributed by atoms with Crippen LogP contribution in [0.2, 0.25) is 0 Å². The summed E-state index contributed by atoms with van der Waals surface area (Å²) in [5.41, 5.74) is 7.67. The standard InChI is InChI=1S/C15H16FN3OS/c1-9-3-4-11(16)8-13(9)20-14-12(7-10(2)17)19-5-6-21-15(19)18-14/h3-6,8,10H,7,17H2,1-2H3. The van der Waals surface area contributed by atoms with Gasteiger partial charge >= 0.3 is 0 Å². The molecule has 2 N–H and O–H groups in total. The van der Waals surface area contributed by atoms with Crippen LogP contribution in [0.1, 0.15) is 18.2 Å². The van der Waals surface area contributed by atoms with Crippen LogP contribution in [0.15, 0.2) is 29.8 Å². The van der Waals surface area contributed by atoms with Crippen molar-refractivity contribution in [3.63, 3.8) is 0 Å². The van der Waals surface area contributed by atoms with Crippen molar-refractivity contribution in [2.24, 2.45) is 5.73 Å². The van der Waals surface area contributed by atoms with E-state index < -0.39 is 0 Å². The van der Waals surface area contributed by atoms with Crippen LogP contribution >= 0.6 is 11.3 Å². The Hall–Kier alpha value is -1.92. The van der Waals surface area contributed by atoms with E-state index in [1.807, 2.05) is 29.8 Å². The Morgan fingerprint density at radius 2 is 2.29 bits per heavy atom. The molecule has 2 heterocycles.